The van der Waals surface area contributed by atoms with Gasteiger partial charge in [-0.2, -0.15) is 0 Å². The summed E-state index contributed by atoms with van der Waals surface area (Å²) >= 11 is 0. The zero-order valence-electron chi connectivity index (χ0n) is 34.2. The Labute approximate surface area is 309 Å². The number of carbonyl (C=O) groups is 6. The molecule has 5 atom stereocenters. The predicted molar refractivity (Wildman–Crippen MR) is 205 cm³/mol. The molecule has 0 radical (unpaired) electrons. The molecule has 0 aromatic rings. The first-order valence-corrected chi connectivity index (χ1v) is 19.1. The lowest BCUT2D eigenvalue weighted by Crippen LogP contribution is -2.62. The second-order valence-electron chi connectivity index (χ2n) is 15.9. The fraction of sp³-hybridized carbons (Fsp3) is 0.795. The lowest BCUT2D eigenvalue weighted by atomic mass is 9.84. The molecule has 0 bridgehead atoms. The maximum atomic E-state index is 14.2. The molecule has 0 aromatic heterocycles. The van der Waals surface area contributed by atoms with E-state index in [2.05, 4.69) is 41.7 Å². The lowest BCUT2D eigenvalue weighted by Gasteiger charge is -2.39. The van der Waals surface area contributed by atoms with Crippen molar-refractivity contribution in [2.45, 2.75) is 153 Å². The molecule has 2 heterocycles. The van der Waals surface area contributed by atoms with Gasteiger partial charge in [0, 0.05) is 32.6 Å². The third-order valence-electron chi connectivity index (χ3n) is 9.30. The van der Waals surface area contributed by atoms with Crippen molar-refractivity contribution in [1.82, 2.24) is 31.1 Å². The molecule has 12 heteroatoms. The quantitative estimate of drug-likeness (QED) is 0.151. The van der Waals surface area contributed by atoms with Gasteiger partial charge in [0.05, 0.1) is 12.1 Å². The van der Waals surface area contributed by atoms with E-state index in [1.165, 1.54) is 30.7 Å². The van der Waals surface area contributed by atoms with E-state index in [9.17, 15) is 28.8 Å². The summed E-state index contributed by atoms with van der Waals surface area (Å²) in [5, 5.41) is 11.0. The van der Waals surface area contributed by atoms with Gasteiger partial charge in [-0.1, -0.05) is 102 Å². The standard InChI is InChI=1S/C33H56N6O6.C4H10.C2H6/c1-11-16-34-29(43)26(41)21(4)35-28(42)25-22(20(2)3)15-18-39(25)30(44)27(33(8,9)10)37-31(45)36-23(32(5,6)7)19-38-17-13-12-14-24(38)40;1-3-4-2;1-2/h11,20-23,25,27H,1,12-19H2,2-10H3,(H,34,43)(H,35,42)(H2,36,37,45);3-4H2,1-2H3;1-2H3/t21?,22-,23-,25+,27-;;/m1../s1. The third-order valence-corrected chi connectivity index (χ3v) is 9.30. The van der Waals surface area contributed by atoms with Crippen molar-refractivity contribution >= 4 is 35.4 Å². The van der Waals surface area contributed by atoms with Crippen LogP contribution in [0.5, 0.6) is 0 Å². The molecule has 2 aliphatic rings. The summed E-state index contributed by atoms with van der Waals surface area (Å²) in [6.45, 7) is 30.2. The van der Waals surface area contributed by atoms with Crippen molar-refractivity contribution in [3.05, 3.63) is 12.7 Å². The van der Waals surface area contributed by atoms with Gasteiger partial charge >= 0.3 is 6.03 Å². The summed E-state index contributed by atoms with van der Waals surface area (Å²) in [6.07, 6.45) is 6.95. The van der Waals surface area contributed by atoms with Crippen LogP contribution in [0, 0.1) is 22.7 Å². The number of likely N-dealkylation sites (tertiary alicyclic amines) is 2. The molecule has 1 unspecified atom stereocenters. The molecule has 0 aliphatic carbocycles. The molecule has 294 valence electrons. The molecule has 2 saturated heterocycles. The average Bonchev–Trinajstić information content (AvgIpc) is 3.52. The molecule has 0 spiro atoms. The van der Waals surface area contributed by atoms with Crippen LogP contribution in [0.2, 0.25) is 0 Å². The van der Waals surface area contributed by atoms with Crippen molar-refractivity contribution in [2.75, 3.05) is 26.2 Å². The van der Waals surface area contributed by atoms with Crippen LogP contribution < -0.4 is 21.3 Å². The Bertz CT molecular complexity index is 1160. The molecule has 2 fully saturated rings. The molecule has 51 heavy (non-hydrogen) atoms. The smallest absolute Gasteiger partial charge is 0.315 e. The number of Topliss-reactive ketones (excluding diaryl/α,β-unsaturated/α-hetero) is 1. The fourth-order valence-electron chi connectivity index (χ4n) is 5.87. The molecule has 2 aliphatic heterocycles. The molecule has 6 amide bonds. The SMILES string of the molecule is C=CCNC(=O)C(=O)C(C)NC(=O)[C@@H]1[C@@H](C(C)C)CCN1C(=O)[C@@H](NC(=O)N[C@H](CN1CCCCC1=O)C(C)(C)C)C(C)(C)C.CC.CCCC. The summed E-state index contributed by atoms with van der Waals surface area (Å²) in [5.74, 6) is -2.61. The highest BCUT2D eigenvalue weighted by Gasteiger charge is 2.47. The highest BCUT2D eigenvalue weighted by atomic mass is 16.2. The van der Waals surface area contributed by atoms with E-state index in [4.69, 9.17) is 0 Å². The van der Waals surface area contributed by atoms with E-state index in [1.54, 1.807) is 4.90 Å². The topological polar surface area (TPSA) is 157 Å². The predicted octanol–water partition coefficient (Wildman–Crippen LogP) is 5.21. The van der Waals surface area contributed by atoms with Gasteiger partial charge in [-0.3, -0.25) is 24.0 Å². The summed E-state index contributed by atoms with van der Waals surface area (Å²) in [5.41, 5.74) is -1.08. The van der Waals surface area contributed by atoms with E-state index in [0.29, 0.717) is 32.5 Å². The maximum absolute atomic E-state index is 14.2. The number of rotatable bonds is 13. The minimum absolute atomic E-state index is 0.0508. The maximum Gasteiger partial charge on any atom is 0.315 e. The Balaban J connectivity index is 0.00000388. The second-order valence-corrected chi connectivity index (χ2v) is 15.9. The molecule has 4 N–H and O–H groups in total. The van der Waals surface area contributed by atoms with Crippen LogP contribution in [-0.4, -0.2) is 95.6 Å². The number of urea groups is 1. The third kappa shape index (κ3) is 15.4. The summed E-state index contributed by atoms with van der Waals surface area (Å²) < 4.78 is 0. The number of amides is 6. The van der Waals surface area contributed by atoms with Crippen molar-refractivity contribution in [3.8, 4) is 0 Å². The van der Waals surface area contributed by atoms with Gasteiger partial charge < -0.3 is 31.1 Å². The monoisotopic (exact) mass is 721 g/mol. The second kappa shape index (κ2) is 22.5. The summed E-state index contributed by atoms with van der Waals surface area (Å²) in [6, 6.07) is -3.85. The Morgan fingerprint density at radius 1 is 0.882 bits per heavy atom. The summed E-state index contributed by atoms with van der Waals surface area (Å²) in [7, 11) is 0. The Morgan fingerprint density at radius 3 is 1.94 bits per heavy atom. The van der Waals surface area contributed by atoms with Crippen LogP contribution in [0.25, 0.3) is 0 Å². The van der Waals surface area contributed by atoms with Crippen molar-refractivity contribution in [3.63, 3.8) is 0 Å². The minimum Gasteiger partial charge on any atom is -0.346 e. The number of piperidine rings is 1. The fourth-order valence-corrected chi connectivity index (χ4v) is 5.87. The molecule has 12 nitrogen and oxygen atoms in total. The lowest BCUT2D eigenvalue weighted by molar-refractivity contribution is -0.144. The van der Waals surface area contributed by atoms with E-state index in [0.717, 1.165) is 12.8 Å². The van der Waals surface area contributed by atoms with E-state index in [-0.39, 0.29) is 35.7 Å². The molecule has 2 rings (SSSR count). The highest BCUT2D eigenvalue weighted by Crippen LogP contribution is 2.33. The molecule has 0 aromatic carbocycles. The summed E-state index contributed by atoms with van der Waals surface area (Å²) in [4.78, 5) is 81.9. The van der Waals surface area contributed by atoms with Crippen LogP contribution in [0.15, 0.2) is 12.7 Å². The van der Waals surface area contributed by atoms with Crippen molar-refractivity contribution < 1.29 is 28.8 Å². The number of ketones is 1. The van der Waals surface area contributed by atoms with Gasteiger partial charge in [0.25, 0.3) is 5.91 Å². The Morgan fingerprint density at radius 2 is 1.47 bits per heavy atom. The van der Waals surface area contributed by atoms with E-state index >= 15 is 0 Å². The zero-order valence-corrected chi connectivity index (χ0v) is 34.2. The first kappa shape index (κ1) is 47.6. The molecule has 0 saturated carbocycles. The van der Waals surface area contributed by atoms with Gasteiger partial charge in [-0.05, 0) is 48.9 Å². The first-order valence-electron chi connectivity index (χ1n) is 19.1. The first-order chi connectivity index (χ1) is 23.7. The van der Waals surface area contributed by atoms with Gasteiger partial charge in [-0.25, -0.2) is 4.79 Å². The molecular weight excluding hydrogens is 648 g/mol. The average molecular weight is 721 g/mol. The van der Waals surface area contributed by atoms with Crippen LogP contribution in [-0.2, 0) is 24.0 Å². The number of nitrogens with zero attached hydrogens (tertiary/aromatic N) is 2. The largest absolute Gasteiger partial charge is 0.346 e. The van der Waals surface area contributed by atoms with Crippen LogP contribution in [0.1, 0.15) is 129 Å². The van der Waals surface area contributed by atoms with Crippen LogP contribution in [0.4, 0.5) is 4.79 Å². The van der Waals surface area contributed by atoms with Gasteiger partial charge in [0.15, 0.2) is 0 Å². The van der Waals surface area contributed by atoms with Crippen molar-refractivity contribution in [2.24, 2.45) is 22.7 Å². The molecular formula is C39H72N6O6. The van der Waals surface area contributed by atoms with Crippen LogP contribution in [0.3, 0.4) is 0 Å². The Hall–Kier alpha value is -3.44. The highest BCUT2D eigenvalue weighted by molar-refractivity contribution is 6.38. The number of unbranched alkanes of at least 4 members (excludes halogenated alkanes) is 1. The minimum atomic E-state index is -1.10. The van der Waals surface area contributed by atoms with Crippen LogP contribution >= 0.6 is 0 Å². The number of carbonyl (C=O) groups excluding carboxylic acids is 6. The van der Waals surface area contributed by atoms with Crippen molar-refractivity contribution in [1.29, 1.82) is 0 Å². The van der Waals surface area contributed by atoms with E-state index in [1.807, 2.05) is 69.2 Å². The zero-order chi connectivity index (χ0) is 39.7. The Kier molecular flexibility index (Phi) is 21.0. The van der Waals surface area contributed by atoms with Gasteiger partial charge in [0.2, 0.25) is 23.5 Å². The normalized spacial score (nSPS) is 19.3. The van der Waals surface area contributed by atoms with Gasteiger partial charge in [0.1, 0.15) is 12.1 Å². The number of nitrogens with one attached hydrogen (secondary N) is 4. The van der Waals surface area contributed by atoms with Gasteiger partial charge in [-0.15, -0.1) is 6.58 Å². The number of hydrogen-bond acceptors (Lipinski definition) is 6. The number of hydrogen-bond donors (Lipinski definition) is 4. The van der Waals surface area contributed by atoms with E-state index < -0.39 is 53.1 Å².